The van der Waals surface area contributed by atoms with Crippen molar-refractivity contribution in [1.29, 1.82) is 0 Å². The number of rotatable bonds is 11. The van der Waals surface area contributed by atoms with E-state index in [-0.39, 0.29) is 22.7 Å². The summed E-state index contributed by atoms with van der Waals surface area (Å²) in [5.41, 5.74) is 0.378. The maximum Gasteiger partial charge on any atom is 0.264 e. The van der Waals surface area contributed by atoms with Gasteiger partial charge in [-0.25, -0.2) is 12.8 Å². The largest absolute Gasteiger partial charge is 0.497 e. The molecule has 0 bridgehead atoms. The number of anilines is 1. The first kappa shape index (κ1) is 28.9. The van der Waals surface area contributed by atoms with Gasteiger partial charge in [0.2, 0.25) is 11.8 Å². The van der Waals surface area contributed by atoms with Gasteiger partial charge >= 0.3 is 0 Å². The van der Waals surface area contributed by atoms with Crippen LogP contribution in [0.2, 0.25) is 5.02 Å². The van der Waals surface area contributed by atoms with Crippen LogP contribution in [0, 0.1) is 5.82 Å². The Morgan fingerprint density at radius 2 is 1.66 bits per heavy atom. The lowest BCUT2D eigenvalue weighted by Gasteiger charge is -2.32. The van der Waals surface area contributed by atoms with Crippen molar-refractivity contribution in [2.24, 2.45) is 0 Å². The molecule has 38 heavy (non-hydrogen) atoms. The van der Waals surface area contributed by atoms with Crippen molar-refractivity contribution in [2.45, 2.75) is 31.3 Å². The van der Waals surface area contributed by atoms with Crippen LogP contribution in [0.15, 0.2) is 77.7 Å². The summed E-state index contributed by atoms with van der Waals surface area (Å²) in [5.74, 6) is -1.23. The molecule has 3 rings (SSSR count). The van der Waals surface area contributed by atoms with Crippen molar-refractivity contribution in [1.82, 2.24) is 10.2 Å². The van der Waals surface area contributed by atoms with Crippen LogP contribution in [-0.2, 0) is 26.2 Å². The van der Waals surface area contributed by atoms with Gasteiger partial charge in [0.1, 0.15) is 24.2 Å². The second-order valence-electron chi connectivity index (χ2n) is 8.35. The van der Waals surface area contributed by atoms with Crippen LogP contribution in [0.4, 0.5) is 10.1 Å². The Hall–Kier alpha value is -3.63. The second kappa shape index (κ2) is 12.7. The molecule has 1 N–H and O–H groups in total. The van der Waals surface area contributed by atoms with E-state index >= 15 is 0 Å². The molecule has 11 heteroatoms. The van der Waals surface area contributed by atoms with Crippen LogP contribution in [0.3, 0.4) is 0 Å². The highest BCUT2D eigenvalue weighted by atomic mass is 35.5. The Kier molecular flexibility index (Phi) is 9.71. The molecule has 0 spiro atoms. The summed E-state index contributed by atoms with van der Waals surface area (Å²) in [7, 11) is -2.78. The first-order valence-corrected chi connectivity index (χ1v) is 13.6. The number of hydrogen-bond acceptors (Lipinski definition) is 5. The van der Waals surface area contributed by atoms with Gasteiger partial charge < -0.3 is 15.0 Å². The molecule has 0 unspecified atom stereocenters. The number of carbonyl (C=O) groups is 2. The van der Waals surface area contributed by atoms with Gasteiger partial charge in [-0.15, -0.1) is 0 Å². The van der Waals surface area contributed by atoms with Crippen LogP contribution in [0.1, 0.15) is 19.4 Å². The Balaban J connectivity index is 2.03. The lowest BCUT2D eigenvalue weighted by Crippen LogP contribution is -2.51. The maximum absolute atomic E-state index is 14.5. The lowest BCUT2D eigenvalue weighted by molar-refractivity contribution is -0.139. The van der Waals surface area contributed by atoms with Gasteiger partial charge in [-0.05, 0) is 68.4 Å². The summed E-state index contributed by atoms with van der Waals surface area (Å²) >= 11 is 6.01. The van der Waals surface area contributed by atoms with Crippen molar-refractivity contribution < 1.29 is 27.1 Å². The van der Waals surface area contributed by atoms with E-state index in [2.05, 4.69) is 5.32 Å². The van der Waals surface area contributed by atoms with E-state index in [4.69, 9.17) is 16.3 Å². The fourth-order valence-electron chi connectivity index (χ4n) is 3.73. The minimum atomic E-state index is -4.25. The third-order valence-corrected chi connectivity index (χ3v) is 7.90. The molecule has 0 saturated heterocycles. The Labute approximate surface area is 227 Å². The minimum Gasteiger partial charge on any atom is -0.497 e. The SMILES string of the molecule is CCNC(=O)[C@H](C)N(Cc1ccccc1F)C(=O)CN(c1ccc(Cl)cc1)S(=O)(=O)c1ccc(OC)cc1. The summed E-state index contributed by atoms with van der Waals surface area (Å²) in [5, 5.41) is 3.04. The van der Waals surface area contributed by atoms with Crippen molar-refractivity contribution in [3.05, 3.63) is 89.2 Å². The molecule has 0 aliphatic rings. The second-order valence-corrected chi connectivity index (χ2v) is 10.6. The van der Waals surface area contributed by atoms with E-state index in [9.17, 15) is 22.4 Å². The zero-order chi connectivity index (χ0) is 27.9. The zero-order valence-electron chi connectivity index (χ0n) is 21.2. The number of amides is 2. The van der Waals surface area contributed by atoms with E-state index in [1.54, 1.807) is 13.0 Å². The highest BCUT2D eigenvalue weighted by Gasteiger charge is 2.32. The third kappa shape index (κ3) is 6.81. The molecule has 3 aromatic rings. The number of nitrogens with zero attached hydrogens (tertiary/aromatic N) is 2. The van der Waals surface area contributed by atoms with Gasteiger partial charge in [-0.3, -0.25) is 13.9 Å². The van der Waals surface area contributed by atoms with Gasteiger partial charge in [-0.2, -0.15) is 0 Å². The molecule has 1 atom stereocenters. The average molecular weight is 562 g/mol. The summed E-state index contributed by atoms with van der Waals surface area (Å²) in [6, 6.07) is 16.6. The fourth-order valence-corrected chi connectivity index (χ4v) is 5.27. The van der Waals surface area contributed by atoms with Crippen LogP contribution >= 0.6 is 11.6 Å². The van der Waals surface area contributed by atoms with Crippen LogP contribution in [0.25, 0.3) is 0 Å². The predicted molar refractivity (Wildman–Crippen MR) is 144 cm³/mol. The third-order valence-electron chi connectivity index (χ3n) is 5.86. The molecule has 0 radical (unpaired) electrons. The van der Waals surface area contributed by atoms with Gasteiger partial charge in [0, 0.05) is 23.7 Å². The van der Waals surface area contributed by atoms with E-state index in [0.717, 1.165) is 9.21 Å². The number of sulfonamides is 1. The summed E-state index contributed by atoms with van der Waals surface area (Å²) in [6.07, 6.45) is 0. The van der Waals surface area contributed by atoms with Crippen molar-refractivity contribution in [3.8, 4) is 5.75 Å². The smallest absolute Gasteiger partial charge is 0.264 e. The molecule has 0 aliphatic carbocycles. The van der Waals surface area contributed by atoms with Crippen LogP contribution < -0.4 is 14.4 Å². The molecule has 8 nitrogen and oxygen atoms in total. The van der Waals surface area contributed by atoms with E-state index in [1.807, 2.05) is 0 Å². The van der Waals surface area contributed by atoms with Gasteiger partial charge in [0.25, 0.3) is 10.0 Å². The van der Waals surface area contributed by atoms with Crippen molar-refractivity contribution in [2.75, 3.05) is 24.5 Å². The van der Waals surface area contributed by atoms with Crippen LogP contribution in [-0.4, -0.2) is 51.4 Å². The number of hydrogen-bond donors (Lipinski definition) is 1. The van der Waals surface area contributed by atoms with Crippen molar-refractivity contribution in [3.63, 3.8) is 0 Å². The molecule has 0 aromatic heterocycles. The molecule has 0 fully saturated rings. The van der Waals surface area contributed by atoms with Gasteiger partial charge in [-0.1, -0.05) is 29.8 Å². The van der Waals surface area contributed by atoms with Crippen molar-refractivity contribution >= 4 is 39.1 Å². The first-order valence-electron chi connectivity index (χ1n) is 11.8. The maximum atomic E-state index is 14.5. The molecule has 202 valence electrons. The Morgan fingerprint density at radius 3 is 2.24 bits per heavy atom. The number of ether oxygens (including phenoxy) is 1. The monoisotopic (exact) mass is 561 g/mol. The average Bonchev–Trinajstić information content (AvgIpc) is 2.91. The van der Waals surface area contributed by atoms with Crippen LogP contribution in [0.5, 0.6) is 5.75 Å². The highest BCUT2D eigenvalue weighted by Crippen LogP contribution is 2.27. The van der Waals surface area contributed by atoms with Gasteiger partial charge in [0.05, 0.1) is 17.7 Å². The molecular weight excluding hydrogens is 533 g/mol. The molecule has 2 amide bonds. The number of halogens is 2. The topological polar surface area (TPSA) is 96.0 Å². The quantitative estimate of drug-likeness (QED) is 0.378. The normalized spacial score (nSPS) is 11.9. The first-order chi connectivity index (χ1) is 18.1. The number of benzene rings is 3. The molecule has 0 aliphatic heterocycles. The summed E-state index contributed by atoms with van der Waals surface area (Å²) < 4.78 is 48.0. The Morgan fingerprint density at radius 1 is 1.03 bits per heavy atom. The number of methoxy groups -OCH3 is 1. The molecule has 0 heterocycles. The number of likely N-dealkylation sites (N-methyl/N-ethyl adjacent to an activating group) is 1. The Bertz CT molecular complexity index is 1370. The minimum absolute atomic E-state index is 0.0709. The zero-order valence-corrected chi connectivity index (χ0v) is 22.8. The van der Waals surface area contributed by atoms with E-state index < -0.39 is 40.2 Å². The summed E-state index contributed by atoms with van der Waals surface area (Å²) in [4.78, 5) is 27.5. The standard InChI is InChI=1S/C27H29ClFN3O5S/c1-4-30-27(34)19(2)31(17-20-7-5-6-8-25(20)29)26(33)18-32(22-11-9-21(28)10-12-22)38(35,36)24-15-13-23(37-3)14-16-24/h5-16,19H,4,17-18H2,1-3H3,(H,30,34)/t19-/m0/s1. The number of carbonyl (C=O) groups excluding carboxylic acids is 2. The highest BCUT2D eigenvalue weighted by molar-refractivity contribution is 7.92. The van der Waals surface area contributed by atoms with E-state index in [0.29, 0.717) is 17.3 Å². The fraction of sp³-hybridized carbons (Fsp3) is 0.259. The molecule has 0 saturated carbocycles. The molecule has 3 aromatic carbocycles. The van der Waals surface area contributed by atoms with Gasteiger partial charge in [0.15, 0.2) is 0 Å². The predicted octanol–water partition coefficient (Wildman–Crippen LogP) is 4.24. The molecular formula is C27H29ClFN3O5S. The summed E-state index contributed by atoms with van der Waals surface area (Å²) in [6.45, 7) is 2.69. The lowest BCUT2D eigenvalue weighted by atomic mass is 10.1. The number of nitrogens with one attached hydrogen (secondary N) is 1. The van der Waals surface area contributed by atoms with E-state index in [1.165, 1.54) is 80.8 Å².